The zero-order valence-corrected chi connectivity index (χ0v) is 11.9. The van der Waals surface area contributed by atoms with Gasteiger partial charge in [0, 0.05) is 18.0 Å². The Labute approximate surface area is 127 Å². The normalized spacial score (nSPS) is 10.5. The Bertz CT molecular complexity index is 725. The van der Waals surface area contributed by atoms with Crippen molar-refractivity contribution >= 4 is 23.2 Å². The quantitative estimate of drug-likeness (QED) is 0.656. The molecule has 98 valence electrons. The zero-order chi connectivity index (χ0) is 13.9. The van der Waals surface area contributed by atoms with Gasteiger partial charge in [-0.3, -0.25) is 0 Å². The van der Waals surface area contributed by atoms with E-state index < -0.39 is 0 Å². The van der Waals surface area contributed by atoms with Crippen LogP contribution in [0.4, 0.5) is 0 Å². The summed E-state index contributed by atoms with van der Waals surface area (Å²) in [6.45, 7) is 0. The first-order valence-electron chi connectivity index (χ1n) is 6.07. The number of benzene rings is 2. The molecule has 0 amide bonds. The fraction of sp³-hybridized carbons (Fsp3) is 0. The molecule has 0 saturated carbocycles. The molecule has 3 aromatic rings. The van der Waals surface area contributed by atoms with E-state index in [-0.39, 0.29) is 0 Å². The van der Waals surface area contributed by atoms with E-state index in [1.165, 1.54) is 0 Å². The van der Waals surface area contributed by atoms with Crippen LogP contribution in [0.5, 0.6) is 0 Å². The van der Waals surface area contributed by atoms with Gasteiger partial charge in [-0.25, -0.2) is 9.97 Å². The van der Waals surface area contributed by atoms with Crippen LogP contribution in [0.25, 0.3) is 22.5 Å². The van der Waals surface area contributed by atoms with Crippen molar-refractivity contribution in [3.8, 4) is 22.5 Å². The van der Waals surface area contributed by atoms with Gasteiger partial charge < -0.3 is 0 Å². The molecule has 0 N–H and O–H groups in total. The molecule has 0 bridgehead atoms. The second-order valence-corrected chi connectivity index (χ2v) is 5.09. The van der Waals surface area contributed by atoms with Gasteiger partial charge in [-0.15, -0.1) is 0 Å². The summed E-state index contributed by atoms with van der Waals surface area (Å²) in [5.74, 6) is 0.716. The van der Waals surface area contributed by atoms with Crippen molar-refractivity contribution in [1.82, 2.24) is 9.97 Å². The van der Waals surface area contributed by atoms with Crippen molar-refractivity contribution in [2.75, 3.05) is 0 Å². The number of hydrogen-bond donors (Lipinski definition) is 0. The first-order chi connectivity index (χ1) is 9.74. The average Bonchev–Trinajstić information content (AvgIpc) is 2.51. The van der Waals surface area contributed by atoms with Gasteiger partial charge in [0.15, 0.2) is 5.82 Å². The Morgan fingerprint density at radius 3 is 1.90 bits per heavy atom. The summed E-state index contributed by atoms with van der Waals surface area (Å²) < 4.78 is 0. The molecule has 0 saturated heterocycles. The van der Waals surface area contributed by atoms with Crippen LogP contribution < -0.4 is 0 Å². The topological polar surface area (TPSA) is 25.8 Å². The lowest BCUT2D eigenvalue weighted by molar-refractivity contribution is 1.18. The number of halogens is 2. The van der Waals surface area contributed by atoms with E-state index in [0.29, 0.717) is 15.9 Å². The third-order valence-electron chi connectivity index (χ3n) is 2.96. The molecule has 0 aliphatic carbocycles. The standard InChI is InChI=1S/C16H10Cl2N2/c17-14-7-6-13(10-15(14)18)11-2-4-12(5-3-11)16-19-8-1-9-20-16/h1-10H. The highest BCUT2D eigenvalue weighted by molar-refractivity contribution is 6.42. The molecule has 4 heteroatoms. The lowest BCUT2D eigenvalue weighted by Crippen LogP contribution is -1.86. The van der Waals surface area contributed by atoms with E-state index in [2.05, 4.69) is 9.97 Å². The summed E-state index contributed by atoms with van der Waals surface area (Å²) in [4.78, 5) is 8.45. The third-order valence-corrected chi connectivity index (χ3v) is 3.70. The monoisotopic (exact) mass is 300 g/mol. The van der Waals surface area contributed by atoms with Crippen molar-refractivity contribution in [1.29, 1.82) is 0 Å². The van der Waals surface area contributed by atoms with Gasteiger partial charge in [-0.1, -0.05) is 53.5 Å². The molecule has 0 fully saturated rings. The maximum absolute atomic E-state index is 6.04. The molecule has 20 heavy (non-hydrogen) atoms. The molecule has 1 heterocycles. The number of aromatic nitrogens is 2. The molecule has 3 rings (SSSR count). The molecule has 0 aliphatic rings. The van der Waals surface area contributed by atoms with Gasteiger partial charge in [0.2, 0.25) is 0 Å². The minimum Gasteiger partial charge on any atom is -0.237 e. The molecular formula is C16H10Cl2N2. The predicted octanol–water partition coefficient (Wildman–Crippen LogP) is 5.12. The summed E-state index contributed by atoms with van der Waals surface area (Å²) in [7, 11) is 0. The summed E-state index contributed by atoms with van der Waals surface area (Å²) in [5, 5.41) is 1.12. The molecule has 0 radical (unpaired) electrons. The molecule has 0 atom stereocenters. The smallest absolute Gasteiger partial charge is 0.159 e. The van der Waals surface area contributed by atoms with Crippen LogP contribution in [0.2, 0.25) is 10.0 Å². The lowest BCUT2D eigenvalue weighted by atomic mass is 10.0. The maximum Gasteiger partial charge on any atom is 0.159 e. The second-order valence-electron chi connectivity index (χ2n) is 4.28. The molecule has 0 unspecified atom stereocenters. The summed E-state index contributed by atoms with van der Waals surface area (Å²) >= 11 is 12.0. The molecule has 0 spiro atoms. The Morgan fingerprint density at radius 2 is 1.25 bits per heavy atom. The molecular weight excluding hydrogens is 291 g/mol. The average molecular weight is 301 g/mol. The first-order valence-corrected chi connectivity index (χ1v) is 6.82. The van der Waals surface area contributed by atoms with Gasteiger partial charge in [0.05, 0.1) is 10.0 Å². The Morgan fingerprint density at radius 1 is 0.650 bits per heavy atom. The predicted molar refractivity (Wildman–Crippen MR) is 82.9 cm³/mol. The number of hydrogen-bond acceptors (Lipinski definition) is 2. The van der Waals surface area contributed by atoms with Crippen molar-refractivity contribution in [3.05, 3.63) is 71.0 Å². The van der Waals surface area contributed by atoms with E-state index in [1.54, 1.807) is 24.5 Å². The molecule has 1 aromatic heterocycles. The van der Waals surface area contributed by atoms with Crippen LogP contribution in [0, 0.1) is 0 Å². The molecule has 2 nitrogen and oxygen atoms in total. The highest BCUT2D eigenvalue weighted by Gasteiger charge is 2.04. The van der Waals surface area contributed by atoms with Gasteiger partial charge in [0.1, 0.15) is 0 Å². The van der Waals surface area contributed by atoms with E-state index in [0.717, 1.165) is 16.7 Å². The van der Waals surface area contributed by atoms with Crippen molar-refractivity contribution < 1.29 is 0 Å². The molecule has 0 aliphatic heterocycles. The van der Waals surface area contributed by atoms with Crippen LogP contribution in [0.1, 0.15) is 0 Å². The number of rotatable bonds is 2. The minimum atomic E-state index is 0.555. The van der Waals surface area contributed by atoms with Crippen LogP contribution in [-0.2, 0) is 0 Å². The first kappa shape index (κ1) is 13.1. The van der Waals surface area contributed by atoms with Gasteiger partial charge in [-0.05, 0) is 29.3 Å². The Balaban J connectivity index is 1.95. The highest BCUT2D eigenvalue weighted by Crippen LogP contribution is 2.29. The van der Waals surface area contributed by atoms with Gasteiger partial charge >= 0.3 is 0 Å². The van der Waals surface area contributed by atoms with Crippen molar-refractivity contribution in [2.45, 2.75) is 0 Å². The van der Waals surface area contributed by atoms with Crippen LogP contribution >= 0.6 is 23.2 Å². The van der Waals surface area contributed by atoms with Crippen molar-refractivity contribution in [2.24, 2.45) is 0 Å². The second kappa shape index (κ2) is 5.61. The van der Waals surface area contributed by atoms with E-state index in [4.69, 9.17) is 23.2 Å². The largest absolute Gasteiger partial charge is 0.237 e. The summed E-state index contributed by atoms with van der Waals surface area (Å²) in [6, 6.07) is 15.4. The fourth-order valence-corrected chi connectivity index (χ4v) is 2.23. The van der Waals surface area contributed by atoms with E-state index in [9.17, 15) is 0 Å². The fourth-order valence-electron chi connectivity index (χ4n) is 1.94. The minimum absolute atomic E-state index is 0.555. The van der Waals surface area contributed by atoms with Gasteiger partial charge in [-0.2, -0.15) is 0 Å². The Hall–Kier alpha value is -1.90. The zero-order valence-electron chi connectivity index (χ0n) is 10.4. The number of nitrogens with zero attached hydrogens (tertiary/aromatic N) is 2. The third kappa shape index (κ3) is 2.67. The van der Waals surface area contributed by atoms with Crippen molar-refractivity contribution in [3.63, 3.8) is 0 Å². The summed E-state index contributed by atoms with van der Waals surface area (Å²) in [5.41, 5.74) is 3.08. The lowest BCUT2D eigenvalue weighted by Gasteiger charge is -2.05. The van der Waals surface area contributed by atoms with Gasteiger partial charge in [0.25, 0.3) is 0 Å². The van der Waals surface area contributed by atoms with Crippen LogP contribution in [0.3, 0.4) is 0 Å². The highest BCUT2D eigenvalue weighted by atomic mass is 35.5. The van der Waals surface area contributed by atoms with Crippen LogP contribution in [0.15, 0.2) is 60.9 Å². The molecule has 2 aromatic carbocycles. The maximum atomic E-state index is 6.04. The van der Waals surface area contributed by atoms with E-state index in [1.807, 2.05) is 36.4 Å². The van der Waals surface area contributed by atoms with Crippen LogP contribution in [-0.4, -0.2) is 9.97 Å². The Kier molecular flexibility index (Phi) is 3.68. The SMILES string of the molecule is Clc1ccc(-c2ccc(-c3ncccn3)cc2)cc1Cl. The summed E-state index contributed by atoms with van der Waals surface area (Å²) in [6.07, 6.45) is 3.46. The van der Waals surface area contributed by atoms with E-state index >= 15 is 0 Å².